The molecular formula is C10H13N3O3. The molecule has 0 aliphatic rings. The summed E-state index contributed by atoms with van der Waals surface area (Å²) in [5.74, 6) is 0. The maximum absolute atomic E-state index is 9.78. The molecule has 0 fully saturated rings. The second-order valence-electron chi connectivity index (χ2n) is 3.57. The molecule has 0 aliphatic heterocycles. The average Bonchev–Trinajstić information content (AvgIpc) is 2.75. The van der Waals surface area contributed by atoms with Gasteiger partial charge in [0.25, 0.3) is 0 Å². The van der Waals surface area contributed by atoms with E-state index in [9.17, 15) is 10.2 Å². The van der Waals surface area contributed by atoms with Gasteiger partial charge in [-0.25, -0.2) is 9.97 Å². The molecule has 4 N–H and O–H groups in total. The largest absolute Gasteiger partial charge is 0.396 e. The van der Waals surface area contributed by atoms with E-state index >= 15 is 0 Å². The quantitative estimate of drug-likeness (QED) is 0.571. The molecule has 2 aromatic rings. The van der Waals surface area contributed by atoms with Crippen LogP contribution in [0.15, 0.2) is 18.6 Å². The number of nitrogens with zero attached hydrogens (tertiary/aromatic N) is 2. The molecule has 0 aromatic carbocycles. The first-order chi connectivity index (χ1) is 7.72. The zero-order valence-corrected chi connectivity index (χ0v) is 8.54. The SMILES string of the molecule is OCCC(O)C(O)c1cnc2nc[nH]c2c1. The second-order valence-corrected chi connectivity index (χ2v) is 3.57. The summed E-state index contributed by atoms with van der Waals surface area (Å²) >= 11 is 0. The number of rotatable bonds is 4. The fraction of sp³-hybridized carbons (Fsp3) is 0.400. The highest BCUT2D eigenvalue weighted by atomic mass is 16.3. The summed E-state index contributed by atoms with van der Waals surface area (Å²) in [6.45, 7) is -0.169. The number of aromatic amines is 1. The molecule has 2 rings (SSSR count). The zero-order chi connectivity index (χ0) is 11.5. The van der Waals surface area contributed by atoms with Crippen molar-refractivity contribution in [3.05, 3.63) is 24.2 Å². The molecule has 0 saturated carbocycles. The number of hydrogen-bond acceptors (Lipinski definition) is 5. The highest BCUT2D eigenvalue weighted by Gasteiger charge is 2.18. The van der Waals surface area contributed by atoms with E-state index in [1.54, 1.807) is 6.07 Å². The molecule has 2 aromatic heterocycles. The van der Waals surface area contributed by atoms with Gasteiger partial charge in [-0.15, -0.1) is 0 Å². The number of aromatic nitrogens is 3. The zero-order valence-electron chi connectivity index (χ0n) is 8.54. The van der Waals surface area contributed by atoms with Gasteiger partial charge in [0.15, 0.2) is 5.65 Å². The third kappa shape index (κ3) is 2.04. The molecule has 0 radical (unpaired) electrons. The average molecular weight is 223 g/mol. The van der Waals surface area contributed by atoms with Crippen LogP contribution in [0.2, 0.25) is 0 Å². The van der Waals surface area contributed by atoms with Crippen LogP contribution in [-0.4, -0.2) is 43.0 Å². The van der Waals surface area contributed by atoms with Crippen molar-refractivity contribution in [2.45, 2.75) is 18.6 Å². The third-order valence-corrected chi connectivity index (χ3v) is 2.43. The molecule has 2 atom stereocenters. The minimum absolute atomic E-state index is 0.127. The van der Waals surface area contributed by atoms with Gasteiger partial charge in [0, 0.05) is 18.4 Å². The molecule has 16 heavy (non-hydrogen) atoms. The van der Waals surface area contributed by atoms with Crippen LogP contribution in [0.5, 0.6) is 0 Å². The minimum atomic E-state index is -1.05. The fourth-order valence-electron chi connectivity index (χ4n) is 1.52. The number of nitrogens with one attached hydrogen (secondary N) is 1. The smallest absolute Gasteiger partial charge is 0.177 e. The normalized spacial score (nSPS) is 15.2. The van der Waals surface area contributed by atoms with Crippen molar-refractivity contribution in [1.29, 1.82) is 0 Å². The fourth-order valence-corrected chi connectivity index (χ4v) is 1.52. The van der Waals surface area contributed by atoms with E-state index in [0.717, 1.165) is 0 Å². The van der Waals surface area contributed by atoms with Crippen molar-refractivity contribution < 1.29 is 15.3 Å². The van der Waals surface area contributed by atoms with Crippen molar-refractivity contribution in [2.75, 3.05) is 6.61 Å². The molecule has 6 nitrogen and oxygen atoms in total. The number of hydrogen-bond donors (Lipinski definition) is 4. The summed E-state index contributed by atoms with van der Waals surface area (Å²) in [7, 11) is 0. The van der Waals surface area contributed by atoms with E-state index in [4.69, 9.17) is 5.11 Å². The lowest BCUT2D eigenvalue weighted by Crippen LogP contribution is -2.19. The number of aliphatic hydroxyl groups is 3. The van der Waals surface area contributed by atoms with Crippen LogP contribution >= 0.6 is 0 Å². The Morgan fingerprint density at radius 3 is 2.88 bits per heavy atom. The van der Waals surface area contributed by atoms with Crippen molar-refractivity contribution >= 4 is 11.2 Å². The predicted molar refractivity (Wildman–Crippen MR) is 56.6 cm³/mol. The van der Waals surface area contributed by atoms with Gasteiger partial charge in [0.1, 0.15) is 6.10 Å². The highest BCUT2D eigenvalue weighted by Crippen LogP contribution is 2.20. The summed E-state index contributed by atoms with van der Waals surface area (Å²) in [6, 6.07) is 1.68. The molecule has 0 bridgehead atoms. The summed E-state index contributed by atoms with van der Waals surface area (Å²) in [4.78, 5) is 10.8. The van der Waals surface area contributed by atoms with Crippen LogP contribution in [0, 0.1) is 0 Å². The van der Waals surface area contributed by atoms with Crippen LogP contribution in [0.1, 0.15) is 18.1 Å². The molecule has 0 spiro atoms. The molecule has 0 aliphatic carbocycles. The number of H-pyrrole nitrogens is 1. The first-order valence-electron chi connectivity index (χ1n) is 4.98. The first-order valence-corrected chi connectivity index (χ1v) is 4.98. The van der Waals surface area contributed by atoms with Gasteiger partial charge in [-0.2, -0.15) is 0 Å². The van der Waals surface area contributed by atoms with Crippen LogP contribution in [-0.2, 0) is 0 Å². The third-order valence-electron chi connectivity index (χ3n) is 2.43. The van der Waals surface area contributed by atoms with E-state index in [1.165, 1.54) is 12.5 Å². The van der Waals surface area contributed by atoms with E-state index in [1.807, 2.05) is 0 Å². The Bertz CT molecular complexity index is 471. The number of imidazole rings is 1. The number of aliphatic hydroxyl groups excluding tert-OH is 3. The van der Waals surface area contributed by atoms with E-state index in [0.29, 0.717) is 16.7 Å². The van der Waals surface area contributed by atoms with Crippen molar-refractivity contribution in [1.82, 2.24) is 15.0 Å². The molecule has 2 heterocycles. The Morgan fingerprint density at radius 2 is 2.12 bits per heavy atom. The number of pyridine rings is 1. The minimum Gasteiger partial charge on any atom is -0.396 e. The summed E-state index contributed by atoms with van der Waals surface area (Å²) in [5, 5.41) is 28.0. The Morgan fingerprint density at radius 1 is 1.31 bits per heavy atom. The maximum Gasteiger partial charge on any atom is 0.177 e. The van der Waals surface area contributed by atoms with Gasteiger partial charge in [-0.3, -0.25) is 0 Å². The van der Waals surface area contributed by atoms with E-state index in [-0.39, 0.29) is 13.0 Å². The Kier molecular flexibility index (Phi) is 3.14. The van der Waals surface area contributed by atoms with Gasteiger partial charge in [0.2, 0.25) is 0 Å². The Balaban J connectivity index is 2.24. The van der Waals surface area contributed by atoms with Gasteiger partial charge in [-0.05, 0) is 12.5 Å². The standard InChI is InChI=1S/C10H13N3O3/c14-2-1-8(15)9(16)6-3-7-10(11-4-6)13-5-12-7/h3-5,8-9,14-16H,1-2H2,(H,11,12,13). The van der Waals surface area contributed by atoms with E-state index < -0.39 is 12.2 Å². The lowest BCUT2D eigenvalue weighted by atomic mass is 10.0. The summed E-state index contributed by atoms with van der Waals surface area (Å²) in [6.07, 6.45) is 1.06. The van der Waals surface area contributed by atoms with Gasteiger partial charge >= 0.3 is 0 Å². The molecular weight excluding hydrogens is 210 g/mol. The predicted octanol–water partition coefficient (Wildman–Crippen LogP) is -0.265. The molecule has 86 valence electrons. The van der Waals surface area contributed by atoms with E-state index in [2.05, 4.69) is 15.0 Å². The maximum atomic E-state index is 9.78. The molecule has 0 amide bonds. The van der Waals surface area contributed by atoms with Crippen LogP contribution in [0.4, 0.5) is 0 Å². The van der Waals surface area contributed by atoms with Crippen molar-refractivity contribution in [3.63, 3.8) is 0 Å². The Labute approximate surface area is 91.6 Å². The van der Waals surface area contributed by atoms with Crippen molar-refractivity contribution in [3.8, 4) is 0 Å². The van der Waals surface area contributed by atoms with Crippen LogP contribution in [0.3, 0.4) is 0 Å². The van der Waals surface area contributed by atoms with Gasteiger partial charge in [0.05, 0.1) is 17.9 Å². The van der Waals surface area contributed by atoms with Gasteiger partial charge in [-0.1, -0.05) is 0 Å². The highest BCUT2D eigenvalue weighted by molar-refractivity contribution is 5.70. The lowest BCUT2D eigenvalue weighted by molar-refractivity contribution is 0.00412. The Hall–Kier alpha value is -1.50. The lowest BCUT2D eigenvalue weighted by Gasteiger charge is -2.16. The summed E-state index contributed by atoms with van der Waals surface area (Å²) < 4.78 is 0. The monoisotopic (exact) mass is 223 g/mol. The number of fused-ring (bicyclic) bond motifs is 1. The molecule has 0 saturated heterocycles. The van der Waals surface area contributed by atoms with Gasteiger partial charge < -0.3 is 20.3 Å². The second kappa shape index (κ2) is 4.56. The van der Waals surface area contributed by atoms with Crippen molar-refractivity contribution in [2.24, 2.45) is 0 Å². The first kappa shape index (κ1) is 11.0. The topological polar surface area (TPSA) is 102 Å². The van der Waals surface area contributed by atoms with Crippen LogP contribution < -0.4 is 0 Å². The summed E-state index contributed by atoms with van der Waals surface area (Å²) in [5.41, 5.74) is 1.76. The van der Waals surface area contributed by atoms with Crippen LogP contribution in [0.25, 0.3) is 11.2 Å². The molecule has 2 unspecified atom stereocenters. The molecule has 6 heteroatoms.